The van der Waals surface area contributed by atoms with Crippen LogP contribution in [0.4, 0.5) is 0 Å². The molecule has 0 aliphatic carbocycles. The summed E-state index contributed by atoms with van der Waals surface area (Å²) < 4.78 is 0. The Labute approximate surface area is 104 Å². The molecule has 1 aliphatic heterocycles. The lowest BCUT2D eigenvalue weighted by Gasteiger charge is -2.35. The highest BCUT2D eigenvalue weighted by Gasteiger charge is 2.31. The second-order valence-electron chi connectivity index (χ2n) is 5.45. The summed E-state index contributed by atoms with van der Waals surface area (Å²) in [6.45, 7) is 6.80. The van der Waals surface area contributed by atoms with Gasteiger partial charge in [-0.25, -0.2) is 0 Å². The lowest BCUT2D eigenvalue weighted by Crippen LogP contribution is -2.45. The van der Waals surface area contributed by atoms with Crippen molar-refractivity contribution in [1.82, 2.24) is 0 Å². The Balaban J connectivity index is 2.27. The zero-order chi connectivity index (χ0) is 12.0. The maximum atomic E-state index is 2.32. The quantitative estimate of drug-likeness (QED) is 0.596. The average Bonchev–Trinajstić information content (AvgIpc) is 2.31. The SMILES string of the molecule is Cc1ccc2c(c1)C(C)(C)c1ccccc1[B]2. The fourth-order valence-corrected chi connectivity index (χ4v) is 2.84. The van der Waals surface area contributed by atoms with Crippen LogP contribution in [0, 0.1) is 6.92 Å². The fourth-order valence-electron chi connectivity index (χ4n) is 2.84. The lowest BCUT2D eigenvalue weighted by molar-refractivity contribution is 0.646. The molecule has 1 radical (unpaired) electrons. The molecule has 0 nitrogen and oxygen atoms in total. The molecule has 0 saturated heterocycles. The van der Waals surface area contributed by atoms with Crippen LogP contribution < -0.4 is 10.9 Å². The first-order valence-corrected chi connectivity index (χ1v) is 6.14. The van der Waals surface area contributed by atoms with Gasteiger partial charge in [-0.15, -0.1) is 0 Å². The summed E-state index contributed by atoms with van der Waals surface area (Å²) >= 11 is 0. The van der Waals surface area contributed by atoms with Gasteiger partial charge in [0.15, 0.2) is 7.28 Å². The van der Waals surface area contributed by atoms with E-state index in [2.05, 4.69) is 70.5 Å². The van der Waals surface area contributed by atoms with E-state index in [0.29, 0.717) is 0 Å². The van der Waals surface area contributed by atoms with Crippen molar-refractivity contribution in [2.75, 3.05) is 0 Å². The molecular weight excluding hydrogens is 203 g/mol. The monoisotopic (exact) mass is 219 g/mol. The Morgan fingerprint density at radius 1 is 0.882 bits per heavy atom. The van der Waals surface area contributed by atoms with Crippen molar-refractivity contribution in [3.63, 3.8) is 0 Å². The van der Waals surface area contributed by atoms with Crippen molar-refractivity contribution in [3.8, 4) is 0 Å². The Hall–Kier alpha value is -1.50. The largest absolute Gasteiger partial charge is 0.192 e. The van der Waals surface area contributed by atoms with Crippen LogP contribution in [0.25, 0.3) is 0 Å². The maximum absolute atomic E-state index is 2.32. The Bertz CT molecular complexity index is 582. The number of hydrogen-bond donors (Lipinski definition) is 0. The molecule has 1 aliphatic rings. The van der Waals surface area contributed by atoms with Gasteiger partial charge in [-0.2, -0.15) is 0 Å². The molecule has 0 fully saturated rings. The zero-order valence-electron chi connectivity index (χ0n) is 10.6. The standard InChI is InChI=1S/C16H16B/c1-11-8-9-15-13(10-11)16(2,3)12-6-4-5-7-14(12)17-15/h4-10H,1-3H3. The maximum Gasteiger partial charge on any atom is 0.192 e. The van der Waals surface area contributed by atoms with E-state index in [4.69, 9.17) is 0 Å². The smallest absolute Gasteiger partial charge is 0.0774 e. The predicted molar refractivity (Wildman–Crippen MR) is 74.8 cm³/mol. The second-order valence-corrected chi connectivity index (χ2v) is 5.45. The van der Waals surface area contributed by atoms with Gasteiger partial charge in [0.1, 0.15) is 0 Å². The van der Waals surface area contributed by atoms with E-state index >= 15 is 0 Å². The van der Waals surface area contributed by atoms with E-state index in [0.717, 1.165) is 0 Å². The van der Waals surface area contributed by atoms with Crippen molar-refractivity contribution in [1.29, 1.82) is 0 Å². The molecule has 3 rings (SSSR count). The van der Waals surface area contributed by atoms with Crippen LogP contribution in [-0.4, -0.2) is 7.28 Å². The van der Waals surface area contributed by atoms with E-state index in [-0.39, 0.29) is 5.41 Å². The number of benzene rings is 2. The average molecular weight is 219 g/mol. The predicted octanol–water partition coefficient (Wildman–Crippen LogP) is 2.29. The topological polar surface area (TPSA) is 0 Å². The Morgan fingerprint density at radius 3 is 2.41 bits per heavy atom. The van der Waals surface area contributed by atoms with Crippen molar-refractivity contribution in [2.45, 2.75) is 26.2 Å². The van der Waals surface area contributed by atoms with Crippen LogP contribution >= 0.6 is 0 Å². The van der Waals surface area contributed by atoms with E-state index in [1.165, 1.54) is 27.6 Å². The highest BCUT2D eigenvalue weighted by molar-refractivity contribution is 6.69. The van der Waals surface area contributed by atoms with Crippen molar-refractivity contribution in [2.24, 2.45) is 0 Å². The lowest BCUT2D eigenvalue weighted by atomic mass is 9.51. The third-order valence-corrected chi connectivity index (χ3v) is 3.83. The molecule has 0 bridgehead atoms. The first-order chi connectivity index (χ1) is 8.09. The molecular formula is C16H16B. The van der Waals surface area contributed by atoms with Gasteiger partial charge < -0.3 is 0 Å². The first kappa shape index (κ1) is 10.6. The summed E-state index contributed by atoms with van der Waals surface area (Å²) in [5, 5.41) is 0. The van der Waals surface area contributed by atoms with Gasteiger partial charge in [-0.1, -0.05) is 72.8 Å². The van der Waals surface area contributed by atoms with Gasteiger partial charge in [0, 0.05) is 5.41 Å². The first-order valence-electron chi connectivity index (χ1n) is 6.14. The number of aryl methyl sites for hydroxylation is 1. The minimum atomic E-state index is 0.104. The van der Waals surface area contributed by atoms with Crippen molar-refractivity contribution in [3.05, 3.63) is 59.2 Å². The Kier molecular flexibility index (Phi) is 2.19. The minimum absolute atomic E-state index is 0.104. The van der Waals surface area contributed by atoms with E-state index in [1.807, 2.05) is 0 Å². The normalized spacial score (nSPS) is 15.7. The summed E-state index contributed by atoms with van der Waals surface area (Å²) in [5.74, 6) is 0. The third kappa shape index (κ3) is 1.53. The van der Waals surface area contributed by atoms with Crippen molar-refractivity contribution >= 4 is 18.2 Å². The molecule has 0 atom stereocenters. The minimum Gasteiger partial charge on any atom is -0.0774 e. The van der Waals surface area contributed by atoms with Crippen LogP contribution in [0.15, 0.2) is 42.5 Å². The fraction of sp³-hybridized carbons (Fsp3) is 0.250. The van der Waals surface area contributed by atoms with Gasteiger partial charge in [-0.05, 0) is 18.1 Å². The highest BCUT2D eigenvalue weighted by Crippen LogP contribution is 2.31. The van der Waals surface area contributed by atoms with Gasteiger partial charge in [0.2, 0.25) is 0 Å². The molecule has 17 heavy (non-hydrogen) atoms. The third-order valence-electron chi connectivity index (χ3n) is 3.83. The Morgan fingerprint density at radius 2 is 1.59 bits per heavy atom. The molecule has 83 valence electrons. The second kappa shape index (κ2) is 3.50. The number of fused-ring (bicyclic) bond motifs is 2. The number of hydrogen-bond acceptors (Lipinski definition) is 0. The molecule has 0 unspecified atom stereocenters. The van der Waals surface area contributed by atoms with E-state index in [1.54, 1.807) is 0 Å². The van der Waals surface area contributed by atoms with Crippen LogP contribution in [-0.2, 0) is 5.41 Å². The van der Waals surface area contributed by atoms with Crippen molar-refractivity contribution < 1.29 is 0 Å². The van der Waals surface area contributed by atoms with Gasteiger partial charge >= 0.3 is 0 Å². The van der Waals surface area contributed by atoms with Gasteiger partial charge in [0.25, 0.3) is 0 Å². The molecule has 1 heterocycles. The number of rotatable bonds is 0. The molecule has 0 aromatic heterocycles. The molecule has 1 heteroatoms. The van der Waals surface area contributed by atoms with E-state index < -0.39 is 0 Å². The van der Waals surface area contributed by atoms with E-state index in [9.17, 15) is 0 Å². The summed E-state index contributed by atoms with van der Waals surface area (Å²) in [6.07, 6.45) is 0. The summed E-state index contributed by atoms with van der Waals surface area (Å²) in [5.41, 5.74) is 7.03. The van der Waals surface area contributed by atoms with Gasteiger partial charge in [0.05, 0.1) is 0 Å². The molecule has 2 aromatic carbocycles. The summed E-state index contributed by atoms with van der Waals surface area (Å²) in [7, 11) is 2.30. The molecule has 0 saturated carbocycles. The van der Waals surface area contributed by atoms with Crippen LogP contribution in [0.2, 0.25) is 0 Å². The zero-order valence-corrected chi connectivity index (χ0v) is 10.6. The molecule has 0 amide bonds. The summed E-state index contributed by atoms with van der Waals surface area (Å²) in [6, 6.07) is 15.5. The molecule has 0 N–H and O–H groups in total. The van der Waals surface area contributed by atoms with Crippen LogP contribution in [0.3, 0.4) is 0 Å². The van der Waals surface area contributed by atoms with Crippen LogP contribution in [0.5, 0.6) is 0 Å². The van der Waals surface area contributed by atoms with Gasteiger partial charge in [-0.3, -0.25) is 0 Å². The molecule has 0 spiro atoms. The summed E-state index contributed by atoms with van der Waals surface area (Å²) in [4.78, 5) is 0. The molecule has 2 aromatic rings. The van der Waals surface area contributed by atoms with Crippen LogP contribution in [0.1, 0.15) is 30.5 Å². The highest BCUT2D eigenvalue weighted by atomic mass is 14.3.